The van der Waals surface area contributed by atoms with Gasteiger partial charge in [-0.25, -0.2) is 0 Å². The summed E-state index contributed by atoms with van der Waals surface area (Å²) in [6.45, 7) is 6.48. The average Bonchev–Trinajstić information content (AvgIpc) is 2.37. The van der Waals surface area contributed by atoms with Crippen LogP contribution in [0.2, 0.25) is 0 Å². The van der Waals surface area contributed by atoms with Gasteiger partial charge in [-0.3, -0.25) is 4.79 Å². The molecule has 4 heteroatoms. The van der Waals surface area contributed by atoms with Crippen molar-refractivity contribution in [2.24, 2.45) is 0 Å². The first-order valence-electron chi connectivity index (χ1n) is 6.86. The molecule has 1 fully saturated rings. The van der Waals surface area contributed by atoms with Crippen molar-refractivity contribution >= 4 is 5.91 Å². The monoisotopic (exact) mass is 242 g/mol. The van der Waals surface area contributed by atoms with Crippen LogP contribution in [0.15, 0.2) is 0 Å². The molecule has 1 heterocycles. The predicted molar refractivity (Wildman–Crippen MR) is 69.0 cm³/mol. The summed E-state index contributed by atoms with van der Waals surface area (Å²) in [4.78, 5) is 11.6. The van der Waals surface area contributed by atoms with Gasteiger partial charge in [-0.1, -0.05) is 6.92 Å². The van der Waals surface area contributed by atoms with Crippen molar-refractivity contribution in [3.8, 4) is 0 Å². The van der Waals surface area contributed by atoms with E-state index in [1.54, 1.807) is 0 Å². The van der Waals surface area contributed by atoms with E-state index in [-0.39, 0.29) is 11.9 Å². The summed E-state index contributed by atoms with van der Waals surface area (Å²) >= 11 is 0. The first-order chi connectivity index (χ1) is 8.24. The number of hydrogen-bond donors (Lipinski definition) is 2. The second-order valence-corrected chi connectivity index (χ2v) is 4.74. The lowest BCUT2D eigenvalue weighted by Crippen LogP contribution is -2.43. The van der Waals surface area contributed by atoms with Crippen molar-refractivity contribution in [3.05, 3.63) is 0 Å². The Morgan fingerprint density at radius 1 is 1.41 bits per heavy atom. The molecular weight excluding hydrogens is 216 g/mol. The summed E-state index contributed by atoms with van der Waals surface area (Å²) in [5, 5.41) is 6.13. The van der Waals surface area contributed by atoms with Crippen LogP contribution in [-0.2, 0) is 9.53 Å². The minimum Gasteiger partial charge on any atom is -0.378 e. The zero-order valence-electron chi connectivity index (χ0n) is 11.1. The molecule has 2 unspecified atom stereocenters. The molecule has 1 amide bonds. The molecule has 0 bridgehead atoms. The molecule has 0 spiro atoms. The van der Waals surface area contributed by atoms with Gasteiger partial charge in [0.1, 0.15) is 0 Å². The summed E-state index contributed by atoms with van der Waals surface area (Å²) in [6, 6.07) is -0.106. The molecule has 100 valence electrons. The maximum atomic E-state index is 11.6. The van der Waals surface area contributed by atoms with Gasteiger partial charge in [0.2, 0.25) is 5.91 Å². The lowest BCUT2D eigenvalue weighted by Gasteiger charge is -2.23. The molecule has 0 aliphatic carbocycles. The lowest BCUT2D eigenvalue weighted by molar-refractivity contribution is -0.122. The molecule has 0 radical (unpaired) electrons. The van der Waals surface area contributed by atoms with Gasteiger partial charge in [0.05, 0.1) is 12.1 Å². The highest BCUT2D eigenvalue weighted by atomic mass is 16.5. The van der Waals surface area contributed by atoms with E-state index in [1.165, 1.54) is 12.8 Å². The molecule has 1 saturated heterocycles. The highest BCUT2D eigenvalue weighted by Gasteiger charge is 2.15. The molecular formula is C13H26N2O2. The number of amides is 1. The predicted octanol–water partition coefficient (Wildman–Crippen LogP) is 1.45. The number of ether oxygens (including phenoxy) is 1. The molecule has 0 aromatic heterocycles. The van der Waals surface area contributed by atoms with Gasteiger partial charge in [0.25, 0.3) is 0 Å². The zero-order valence-corrected chi connectivity index (χ0v) is 11.1. The van der Waals surface area contributed by atoms with Crippen LogP contribution in [0.1, 0.15) is 46.0 Å². The minimum atomic E-state index is -0.106. The first-order valence-corrected chi connectivity index (χ1v) is 6.86. The lowest BCUT2D eigenvalue weighted by atomic mass is 10.1. The van der Waals surface area contributed by atoms with Crippen molar-refractivity contribution in [2.45, 2.75) is 58.1 Å². The highest BCUT2D eigenvalue weighted by Crippen LogP contribution is 2.14. The van der Waals surface area contributed by atoms with Crippen molar-refractivity contribution < 1.29 is 9.53 Å². The standard InChI is InChI=1S/C13H26N2O2/c1-3-8-15-13(16)11(2)14-9-7-12-6-4-5-10-17-12/h11-12,14H,3-10H2,1-2H3,(H,15,16). The minimum absolute atomic E-state index is 0.0939. The fourth-order valence-corrected chi connectivity index (χ4v) is 1.99. The van der Waals surface area contributed by atoms with E-state index in [0.29, 0.717) is 6.10 Å². The van der Waals surface area contributed by atoms with E-state index in [0.717, 1.165) is 39.0 Å². The van der Waals surface area contributed by atoms with Crippen molar-refractivity contribution in [2.75, 3.05) is 19.7 Å². The molecule has 0 saturated carbocycles. The van der Waals surface area contributed by atoms with Gasteiger partial charge in [-0.15, -0.1) is 0 Å². The summed E-state index contributed by atoms with van der Waals surface area (Å²) in [5.74, 6) is 0.0939. The molecule has 17 heavy (non-hydrogen) atoms. The van der Waals surface area contributed by atoms with Gasteiger partial charge in [-0.2, -0.15) is 0 Å². The Kier molecular flexibility index (Phi) is 7.21. The van der Waals surface area contributed by atoms with E-state index in [2.05, 4.69) is 17.6 Å². The van der Waals surface area contributed by atoms with Gasteiger partial charge < -0.3 is 15.4 Å². The number of carbonyl (C=O) groups is 1. The summed E-state index contributed by atoms with van der Waals surface area (Å²) in [6.07, 6.45) is 6.01. The summed E-state index contributed by atoms with van der Waals surface area (Å²) < 4.78 is 5.64. The Balaban J connectivity index is 2.06. The molecule has 2 N–H and O–H groups in total. The highest BCUT2D eigenvalue weighted by molar-refractivity contribution is 5.81. The Hall–Kier alpha value is -0.610. The second kappa shape index (κ2) is 8.48. The van der Waals surface area contributed by atoms with Crippen LogP contribution in [0.4, 0.5) is 0 Å². The third-order valence-electron chi connectivity index (χ3n) is 3.13. The van der Waals surface area contributed by atoms with Gasteiger partial charge in [0.15, 0.2) is 0 Å². The summed E-state index contributed by atoms with van der Waals surface area (Å²) in [7, 11) is 0. The zero-order chi connectivity index (χ0) is 12.5. The second-order valence-electron chi connectivity index (χ2n) is 4.74. The molecule has 0 aromatic rings. The number of hydrogen-bond acceptors (Lipinski definition) is 3. The van der Waals surface area contributed by atoms with Crippen molar-refractivity contribution in [3.63, 3.8) is 0 Å². The Bertz CT molecular complexity index is 215. The maximum absolute atomic E-state index is 11.6. The molecule has 1 aliphatic rings. The fraction of sp³-hybridized carbons (Fsp3) is 0.923. The molecule has 1 aliphatic heterocycles. The van der Waals surface area contributed by atoms with Crippen LogP contribution in [0, 0.1) is 0 Å². The van der Waals surface area contributed by atoms with Crippen molar-refractivity contribution in [1.82, 2.24) is 10.6 Å². The molecule has 4 nitrogen and oxygen atoms in total. The van der Waals surface area contributed by atoms with Crippen LogP contribution < -0.4 is 10.6 Å². The van der Waals surface area contributed by atoms with E-state index < -0.39 is 0 Å². The summed E-state index contributed by atoms with van der Waals surface area (Å²) in [5.41, 5.74) is 0. The smallest absolute Gasteiger partial charge is 0.236 e. The van der Waals surface area contributed by atoms with E-state index in [1.807, 2.05) is 6.92 Å². The Labute approximate surface area is 104 Å². The topological polar surface area (TPSA) is 50.4 Å². The van der Waals surface area contributed by atoms with Crippen LogP contribution in [0.25, 0.3) is 0 Å². The van der Waals surface area contributed by atoms with Crippen LogP contribution in [0.5, 0.6) is 0 Å². The number of rotatable bonds is 7. The number of carbonyl (C=O) groups excluding carboxylic acids is 1. The normalized spacial score (nSPS) is 22.1. The van der Waals surface area contributed by atoms with Gasteiger partial charge in [-0.05, 0) is 45.6 Å². The Morgan fingerprint density at radius 3 is 2.88 bits per heavy atom. The SMILES string of the molecule is CCCNC(=O)C(C)NCCC1CCCCO1. The molecule has 2 atom stereocenters. The third kappa shape index (κ3) is 6.03. The van der Waals surface area contributed by atoms with Crippen molar-refractivity contribution in [1.29, 1.82) is 0 Å². The number of nitrogens with one attached hydrogen (secondary N) is 2. The largest absolute Gasteiger partial charge is 0.378 e. The van der Waals surface area contributed by atoms with Crippen LogP contribution >= 0.6 is 0 Å². The first kappa shape index (κ1) is 14.5. The van der Waals surface area contributed by atoms with Gasteiger partial charge >= 0.3 is 0 Å². The Morgan fingerprint density at radius 2 is 2.24 bits per heavy atom. The maximum Gasteiger partial charge on any atom is 0.236 e. The quantitative estimate of drug-likeness (QED) is 0.710. The van der Waals surface area contributed by atoms with Crippen LogP contribution in [-0.4, -0.2) is 37.7 Å². The molecule has 1 rings (SSSR count). The van der Waals surface area contributed by atoms with Gasteiger partial charge in [0, 0.05) is 13.2 Å². The average molecular weight is 242 g/mol. The van der Waals surface area contributed by atoms with E-state index in [4.69, 9.17) is 4.74 Å². The fourth-order valence-electron chi connectivity index (χ4n) is 1.99. The van der Waals surface area contributed by atoms with E-state index >= 15 is 0 Å². The third-order valence-corrected chi connectivity index (χ3v) is 3.13. The van der Waals surface area contributed by atoms with E-state index in [9.17, 15) is 4.79 Å². The van der Waals surface area contributed by atoms with Crippen LogP contribution in [0.3, 0.4) is 0 Å². The molecule has 0 aromatic carbocycles.